The topological polar surface area (TPSA) is 84.7 Å². The van der Waals surface area contributed by atoms with Crippen molar-refractivity contribution in [2.75, 3.05) is 26.2 Å². The van der Waals surface area contributed by atoms with Crippen molar-refractivity contribution in [1.29, 1.82) is 0 Å². The number of rotatable bonds is 6. The first kappa shape index (κ1) is 15.3. The smallest absolute Gasteiger partial charge is 0.261 e. The van der Waals surface area contributed by atoms with Gasteiger partial charge in [-0.25, -0.2) is 0 Å². The van der Waals surface area contributed by atoms with Gasteiger partial charge in [-0.1, -0.05) is 18.2 Å². The molecule has 0 aromatic heterocycles. The third-order valence-corrected chi connectivity index (χ3v) is 3.50. The molecular formula is C15H21N3O3. The summed E-state index contributed by atoms with van der Waals surface area (Å²) in [6.07, 6.45) is 1.65. The van der Waals surface area contributed by atoms with Crippen LogP contribution in [0.4, 0.5) is 0 Å². The first-order valence-corrected chi connectivity index (χ1v) is 7.13. The quantitative estimate of drug-likeness (QED) is 0.780. The fraction of sp³-hybridized carbons (Fsp3) is 0.467. The van der Waals surface area contributed by atoms with Crippen molar-refractivity contribution < 1.29 is 14.3 Å². The lowest BCUT2D eigenvalue weighted by Gasteiger charge is -2.33. The molecule has 0 bridgehead atoms. The maximum absolute atomic E-state index is 12.3. The van der Waals surface area contributed by atoms with Crippen LogP contribution in [0.5, 0.6) is 5.75 Å². The summed E-state index contributed by atoms with van der Waals surface area (Å²) in [6, 6.07) is 9.18. The number of primary amides is 1. The predicted molar refractivity (Wildman–Crippen MR) is 78.7 cm³/mol. The number of amides is 2. The van der Waals surface area contributed by atoms with Crippen LogP contribution in [-0.2, 0) is 9.59 Å². The Hall–Kier alpha value is -2.08. The number of nitrogens with two attached hydrogens (primary N) is 1. The van der Waals surface area contributed by atoms with E-state index in [1.165, 1.54) is 0 Å². The summed E-state index contributed by atoms with van der Waals surface area (Å²) in [5.74, 6) is -0.0682. The number of ether oxygens (including phenoxy) is 1. The monoisotopic (exact) mass is 291 g/mol. The van der Waals surface area contributed by atoms with E-state index < -0.39 is 5.91 Å². The van der Waals surface area contributed by atoms with Crippen LogP contribution in [0, 0.1) is 0 Å². The molecule has 0 spiro atoms. The first-order chi connectivity index (χ1) is 10.2. The summed E-state index contributed by atoms with van der Waals surface area (Å²) in [6.45, 7) is 1.54. The molecule has 6 heteroatoms. The highest BCUT2D eigenvalue weighted by Gasteiger charge is 2.26. The Bertz CT molecular complexity index is 472. The molecule has 21 heavy (non-hydrogen) atoms. The van der Waals surface area contributed by atoms with Crippen molar-refractivity contribution in [2.45, 2.75) is 18.9 Å². The zero-order valence-electron chi connectivity index (χ0n) is 12.0. The van der Waals surface area contributed by atoms with Crippen LogP contribution in [0.2, 0.25) is 0 Å². The molecule has 0 atom stereocenters. The number of nitrogens with zero attached hydrogens (tertiary/aromatic N) is 1. The molecule has 6 nitrogen and oxygen atoms in total. The third-order valence-electron chi connectivity index (χ3n) is 3.50. The van der Waals surface area contributed by atoms with Crippen LogP contribution in [0.15, 0.2) is 30.3 Å². The van der Waals surface area contributed by atoms with E-state index >= 15 is 0 Å². The van der Waals surface area contributed by atoms with Crippen LogP contribution in [0.25, 0.3) is 0 Å². The Morgan fingerprint density at radius 2 is 1.90 bits per heavy atom. The van der Waals surface area contributed by atoms with Gasteiger partial charge in [0.2, 0.25) is 5.91 Å². The van der Waals surface area contributed by atoms with Gasteiger partial charge < -0.3 is 20.7 Å². The van der Waals surface area contributed by atoms with Crippen LogP contribution in [0.3, 0.4) is 0 Å². The summed E-state index contributed by atoms with van der Waals surface area (Å²) in [5.41, 5.74) is 5.26. The molecule has 3 N–H and O–H groups in total. The second kappa shape index (κ2) is 7.64. The van der Waals surface area contributed by atoms with Crippen molar-refractivity contribution in [2.24, 2.45) is 5.73 Å². The minimum absolute atomic E-state index is 0.0469. The Morgan fingerprint density at radius 1 is 1.24 bits per heavy atom. The minimum atomic E-state index is -0.499. The summed E-state index contributed by atoms with van der Waals surface area (Å²) in [5, 5.41) is 3.23. The second-order valence-electron chi connectivity index (χ2n) is 5.07. The molecule has 2 amide bonds. The van der Waals surface area contributed by atoms with Gasteiger partial charge in [0.15, 0.2) is 6.61 Å². The summed E-state index contributed by atoms with van der Waals surface area (Å²) in [7, 11) is 0. The molecule has 0 radical (unpaired) electrons. The lowest BCUT2D eigenvalue weighted by atomic mass is 10.0. The normalized spacial score (nSPS) is 15.4. The van der Waals surface area contributed by atoms with Crippen LogP contribution < -0.4 is 15.8 Å². The van der Waals surface area contributed by atoms with E-state index in [4.69, 9.17) is 10.5 Å². The van der Waals surface area contributed by atoms with Crippen LogP contribution in [-0.4, -0.2) is 49.0 Å². The number of carbonyl (C=O) groups excluding carboxylic acids is 2. The number of carbonyl (C=O) groups is 2. The number of nitrogens with one attached hydrogen (secondary N) is 1. The number of para-hydroxylation sites is 1. The highest BCUT2D eigenvalue weighted by atomic mass is 16.5. The van der Waals surface area contributed by atoms with Gasteiger partial charge in [-0.05, 0) is 38.1 Å². The van der Waals surface area contributed by atoms with Crippen molar-refractivity contribution in [3.63, 3.8) is 0 Å². The van der Waals surface area contributed by atoms with Gasteiger partial charge in [0, 0.05) is 6.04 Å². The highest BCUT2D eigenvalue weighted by Crippen LogP contribution is 2.13. The molecule has 1 heterocycles. The van der Waals surface area contributed by atoms with Gasteiger partial charge in [0.1, 0.15) is 5.75 Å². The molecule has 0 aliphatic carbocycles. The molecule has 2 rings (SSSR count). The summed E-state index contributed by atoms with van der Waals surface area (Å²) in [4.78, 5) is 25.1. The Kier molecular flexibility index (Phi) is 5.57. The Morgan fingerprint density at radius 3 is 2.52 bits per heavy atom. The molecule has 1 aliphatic heterocycles. The molecule has 1 fully saturated rings. The number of benzene rings is 1. The third kappa shape index (κ3) is 4.75. The molecule has 1 saturated heterocycles. The van der Waals surface area contributed by atoms with Gasteiger partial charge in [0.05, 0.1) is 6.54 Å². The lowest BCUT2D eigenvalue weighted by Crippen LogP contribution is -2.50. The van der Waals surface area contributed by atoms with Gasteiger partial charge >= 0.3 is 0 Å². The van der Waals surface area contributed by atoms with Crippen molar-refractivity contribution in [1.82, 2.24) is 10.2 Å². The average Bonchev–Trinajstić information content (AvgIpc) is 2.52. The Balaban J connectivity index is 1.94. The van der Waals surface area contributed by atoms with Crippen molar-refractivity contribution in [3.8, 4) is 5.75 Å². The molecule has 0 unspecified atom stereocenters. The standard InChI is InChI=1S/C15H21N3O3/c16-14(19)10-18(12-6-8-17-9-7-12)15(20)11-21-13-4-2-1-3-5-13/h1-5,12,17H,6-11H2,(H2,16,19). The van der Waals surface area contributed by atoms with E-state index in [-0.39, 0.29) is 25.1 Å². The van der Waals surface area contributed by atoms with Crippen LogP contribution >= 0.6 is 0 Å². The number of hydrogen-bond acceptors (Lipinski definition) is 4. The minimum Gasteiger partial charge on any atom is -0.484 e. The molecule has 114 valence electrons. The van der Waals surface area contributed by atoms with Gasteiger partial charge in [-0.15, -0.1) is 0 Å². The van der Waals surface area contributed by atoms with Crippen molar-refractivity contribution >= 4 is 11.8 Å². The fourth-order valence-electron chi connectivity index (χ4n) is 2.45. The molecule has 1 aromatic rings. The maximum Gasteiger partial charge on any atom is 0.261 e. The first-order valence-electron chi connectivity index (χ1n) is 7.13. The van der Waals surface area contributed by atoms with E-state index in [2.05, 4.69) is 5.32 Å². The summed E-state index contributed by atoms with van der Waals surface area (Å²) >= 11 is 0. The maximum atomic E-state index is 12.3. The molecule has 0 saturated carbocycles. The van der Waals surface area contributed by atoms with E-state index in [0.29, 0.717) is 5.75 Å². The van der Waals surface area contributed by atoms with E-state index in [9.17, 15) is 9.59 Å². The highest BCUT2D eigenvalue weighted by molar-refractivity contribution is 5.84. The molecule has 1 aromatic carbocycles. The fourth-order valence-corrected chi connectivity index (χ4v) is 2.45. The van der Waals surface area contributed by atoms with Gasteiger partial charge in [-0.2, -0.15) is 0 Å². The van der Waals surface area contributed by atoms with Gasteiger partial charge in [0.25, 0.3) is 5.91 Å². The average molecular weight is 291 g/mol. The van der Waals surface area contributed by atoms with E-state index in [0.717, 1.165) is 25.9 Å². The van der Waals surface area contributed by atoms with Crippen molar-refractivity contribution in [3.05, 3.63) is 30.3 Å². The zero-order valence-corrected chi connectivity index (χ0v) is 12.0. The second-order valence-corrected chi connectivity index (χ2v) is 5.07. The number of piperidine rings is 1. The number of hydrogen-bond donors (Lipinski definition) is 2. The SMILES string of the molecule is NC(=O)CN(C(=O)COc1ccccc1)C1CCNCC1. The lowest BCUT2D eigenvalue weighted by molar-refractivity contribution is -0.139. The zero-order chi connectivity index (χ0) is 15.1. The Labute approximate surface area is 124 Å². The van der Waals surface area contributed by atoms with Gasteiger partial charge in [-0.3, -0.25) is 9.59 Å². The van der Waals surface area contributed by atoms with E-state index in [1.54, 1.807) is 17.0 Å². The predicted octanol–water partition coefficient (Wildman–Crippen LogP) is 0.131. The molecular weight excluding hydrogens is 270 g/mol. The van der Waals surface area contributed by atoms with E-state index in [1.807, 2.05) is 18.2 Å². The summed E-state index contributed by atoms with van der Waals surface area (Å²) < 4.78 is 5.46. The largest absolute Gasteiger partial charge is 0.484 e. The molecule has 1 aliphatic rings. The van der Waals surface area contributed by atoms with Crippen LogP contribution in [0.1, 0.15) is 12.8 Å².